The number of carboxylic acid groups (broad SMARTS) is 1. The summed E-state index contributed by atoms with van der Waals surface area (Å²) in [6.07, 6.45) is 2.34. The second-order valence-electron chi connectivity index (χ2n) is 4.95. The first-order chi connectivity index (χ1) is 8.08. The molecular weight excluding hydrogens is 214 g/mol. The van der Waals surface area contributed by atoms with Crippen molar-refractivity contribution in [3.63, 3.8) is 0 Å². The van der Waals surface area contributed by atoms with E-state index in [-0.39, 0.29) is 0 Å². The average Bonchev–Trinajstić information content (AvgIpc) is 2.30. The Bertz CT molecular complexity index is 420. The van der Waals surface area contributed by atoms with Crippen LogP contribution in [0.2, 0.25) is 0 Å². The lowest BCUT2D eigenvalue weighted by Gasteiger charge is -2.30. The zero-order chi connectivity index (χ0) is 12.4. The maximum Gasteiger partial charge on any atom is 0.335 e. The van der Waals surface area contributed by atoms with E-state index in [1.165, 1.54) is 18.4 Å². The Kier molecular flexibility index (Phi) is 3.48. The molecule has 92 valence electrons. The van der Waals surface area contributed by atoms with E-state index in [2.05, 4.69) is 11.9 Å². The minimum atomic E-state index is -0.844. The number of aromatic carboxylic acids is 1. The standard InChI is InChI=1S/C14H19NO2/c1-10-9-12(14(16)17)3-4-13(10)11-5-7-15(2)8-6-11/h3-4,9,11H,5-8H2,1-2H3,(H,16,17). The van der Waals surface area contributed by atoms with Gasteiger partial charge in [-0.2, -0.15) is 0 Å². The van der Waals surface area contributed by atoms with Crippen LogP contribution in [0.4, 0.5) is 0 Å². The second kappa shape index (κ2) is 4.88. The molecule has 0 spiro atoms. The molecule has 1 aliphatic heterocycles. The van der Waals surface area contributed by atoms with Gasteiger partial charge in [0.05, 0.1) is 5.56 Å². The summed E-state index contributed by atoms with van der Waals surface area (Å²) in [7, 11) is 2.15. The van der Waals surface area contributed by atoms with Crippen LogP contribution in [0.25, 0.3) is 0 Å². The van der Waals surface area contributed by atoms with Gasteiger partial charge in [-0.15, -0.1) is 0 Å². The van der Waals surface area contributed by atoms with Crippen molar-refractivity contribution >= 4 is 5.97 Å². The van der Waals surface area contributed by atoms with Gasteiger partial charge in [0.2, 0.25) is 0 Å². The summed E-state index contributed by atoms with van der Waals surface area (Å²) < 4.78 is 0. The van der Waals surface area contributed by atoms with Gasteiger partial charge in [0.25, 0.3) is 0 Å². The normalized spacial score (nSPS) is 18.2. The molecule has 17 heavy (non-hydrogen) atoms. The number of likely N-dealkylation sites (tertiary alicyclic amines) is 1. The molecule has 0 saturated carbocycles. The first-order valence-corrected chi connectivity index (χ1v) is 6.10. The first-order valence-electron chi connectivity index (χ1n) is 6.10. The summed E-state index contributed by atoms with van der Waals surface area (Å²) in [5.41, 5.74) is 2.82. The molecule has 1 heterocycles. The van der Waals surface area contributed by atoms with E-state index in [1.54, 1.807) is 12.1 Å². The number of hydrogen-bond acceptors (Lipinski definition) is 2. The van der Waals surface area contributed by atoms with E-state index in [1.807, 2.05) is 13.0 Å². The van der Waals surface area contributed by atoms with Gasteiger partial charge in [0, 0.05) is 0 Å². The van der Waals surface area contributed by atoms with Crippen LogP contribution in [0, 0.1) is 6.92 Å². The molecule has 1 aromatic rings. The largest absolute Gasteiger partial charge is 0.478 e. The van der Waals surface area contributed by atoms with Gasteiger partial charge in [0.15, 0.2) is 0 Å². The van der Waals surface area contributed by atoms with Gasteiger partial charge in [-0.25, -0.2) is 4.79 Å². The molecule has 0 unspecified atom stereocenters. The van der Waals surface area contributed by atoms with Crippen LogP contribution < -0.4 is 0 Å². The van der Waals surface area contributed by atoms with Crippen LogP contribution >= 0.6 is 0 Å². The zero-order valence-corrected chi connectivity index (χ0v) is 10.4. The van der Waals surface area contributed by atoms with E-state index in [9.17, 15) is 4.79 Å². The number of hydrogen-bond donors (Lipinski definition) is 1. The van der Waals surface area contributed by atoms with E-state index < -0.39 is 5.97 Å². The quantitative estimate of drug-likeness (QED) is 0.853. The van der Waals surface area contributed by atoms with E-state index in [0.29, 0.717) is 11.5 Å². The Labute approximate surface area is 102 Å². The number of piperidine rings is 1. The molecule has 0 radical (unpaired) electrons. The van der Waals surface area contributed by atoms with Gasteiger partial charge >= 0.3 is 5.97 Å². The molecule has 0 atom stereocenters. The van der Waals surface area contributed by atoms with Crippen molar-refractivity contribution in [1.29, 1.82) is 0 Å². The summed E-state index contributed by atoms with van der Waals surface area (Å²) >= 11 is 0. The van der Waals surface area contributed by atoms with Crippen LogP contribution in [0.15, 0.2) is 18.2 Å². The van der Waals surface area contributed by atoms with Gasteiger partial charge in [0.1, 0.15) is 0 Å². The van der Waals surface area contributed by atoms with Crippen LogP contribution in [0.3, 0.4) is 0 Å². The maximum absolute atomic E-state index is 10.9. The van der Waals surface area contributed by atoms with Gasteiger partial charge in [-0.05, 0) is 69.1 Å². The summed E-state index contributed by atoms with van der Waals surface area (Å²) in [5.74, 6) is -0.253. The smallest absolute Gasteiger partial charge is 0.335 e. The Morgan fingerprint density at radius 3 is 2.53 bits per heavy atom. The average molecular weight is 233 g/mol. The lowest BCUT2D eigenvalue weighted by atomic mass is 9.86. The predicted octanol–water partition coefficient (Wildman–Crippen LogP) is 2.50. The third-order valence-corrected chi connectivity index (χ3v) is 3.68. The molecule has 1 saturated heterocycles. The monoisotopic (exact) mass is 233 g/mol. The minimum absolute atomic E-state index is 0.388. The maximum atomic E-state index is 10.9. The van der Waals surface area contributed by atoms with Crippen molar-refractivity contribution in [1.82, 2.24) is 4.90 Å². The highest BCUT2D eigenvalue weighted by Crippen LogP contribution is 2.30. The lowest BCUT2D eigenvalue weighted by Crippen LogP contribution is -2.29. The van der Waals surface area contributed by atoms with E-state index in [4.69, 9.17) is 5.11 Å². The SMILES string of the molecule is Cc1cc(C(=O)O)ccc1C1CCN(C)CC1. The van der Waals surface area contributed by atoms with Crippen LogP contribution in [-0.2, 0) is 0 Å². The molecular formula is C14H19NO2. The molecule has 1 fully saturated rings. The molecule has 0 aliphatic carbocycles. The fourth-order valence-electron chi connectivity index (χ4n) is 2.59. The lowest BCUT2D eigenvalue weighted by molar-refractivity contribution is 0.0696. The van der Waals surface area contributed by atoms with Gasteiger partial charge in [-0.1, -0.05) is 6.07 Å². The van der Waals surface area contributed by atoms with Gasteiger partial charge < -0.3 is 10.0 Å². The summed E-state index contributed by atoms with van der Waals surface area (Å²) in [4.78, 5) is 13.2. The minimum Gasteiger partial charge on any atom is -0.478 e. The number of carboxylic acids is 1. The molecule has 0 amide bonds. The summed E-state index contributed by atoms with van der Waals surface area (Å²) in [6.45, 7) is 4.27. The highest BCUT2D eigenvalue weighted by Gasteiger charge is 2.20. The summed E-state index contributed by atoms with van der Waals surface area (Å²) in [6, 6.07) is 5.51. The van der Waals surface area contributed by atoms with Crippen molar-refractivity contribution in [3.05, 3.63) is 34.9 Å². The second-order valence-corrected chi connectivity index (χ2v) is 4.95. The first kappa shape index (κ1) is 12.1. The Morgan fingerprint density at radius 2 is 2.00 bits per heavy atom. The number of nitrogens with zero attached hydrogens (tertiary/aromatic N) is 1. The third kappa shape index (κ3) is 2.67. The number of benzene rings is 1. The van der Waals surface area contributed by atoms with Crippen LogP contribution in [0.1, 0.15) is 40.2 Å². The fraction of sp³-hybridized carbons (Fsp3) is 0.500. The highest BCUT2D eigenvalue weighted by atomic mass is 16.4. The van der Waals surface area contributed by atoms with Crippen LogP contribution in [-0.4, -0.2) is 36.1 Å². The molecule has 1 N–H and O–H groups in total. The number of aryl methyl sites for hydroxylation is 1. The highest BCUT2D eigenvalue weighted by molar-refractivity contribution is 5.87. The van der Waals surface area contributed by atoms with Crippen LogP contribution in [0.5, 0.6) is 0 Å². The Balaban J connectivity index is 2.19. The van der Waals surface area contributed by atoms with Crippen molar-refractivity contribution in [2.45, 2.75) is 25.7 Å². The summed E-state index contributed by atoms with van der Waals surface area (Å²) in [5, 5.41) is 8.94. The third-order valence-electron chi connectivity index (χ3n) is 3.68. The van der Waals surface area contributed by atoms with Crippen molar-refractivity contribution in [2.24, 2.45) is 0 Å². The number of rotatable bonds is 2. The van der Waals surface area contributed by atoms with E-state index >= 15 is 0 Å². The van der Waals surface area contributed by atoms with Crippen molar-refractivity contribution < 1.29 is 9.90 Å². The predicted molar refractivity (Wildman–Crippen MR) is 67.6 cm³/mol. The molecule has 1 aliphatic rings. The number of carbonyl (C=O) groups is 1. The molecule has 3 nitrogen and oxygen atoms in total. The molecule has 3 heteroatoms. The topological polar surface area (TPSA) is 40.5 Å². The molecule has 1 aromatic carbocycles. The zero-order valence-electron chi connectivity index (χ0n) is 10.4. The molecule has 0 bridgehead atoms. The van der Waals surface area contributed by atoms with Crippen molar-refractivity contribution in [2.75, 3.05) is 20.1 Å². The van der Waals surface area contributed by atoms with E-state index in [0.717, 1.165) is 18.7 Å². The molecule has 2 rings (SSSR count). The molecule has 0 aromatic heterocycles. The van der Waals surface area contributed by atoms with Crippen molar-refractivity contribution in [3.8, 4) is 0 Å². The van der Waals surface area contributed by atoms with Gasteiger partial charge in [-0.3, -0.25) is 0 Å². The Hall–Kier alpha value is -1.35. The Morgan fingerprint density at radius 1 is 1.35 bits per heavy atom. The fourth-order valence-corrected chi connectivity index (χ4v) is 2.59.